The maximum absolute atomic E-state index is 14.9. The lowest BCUT2D eigenvalue weighted by molar-refractivity contribution is 0.333. The van der Waals surface area contributed by atoms with Crippen molar-refractivity contribution in [1.29, 1.82) is 0 Å². The first kappa shape index (κ1) is 22.3. The number of rotatable bonds is 7. The Morgan fingerprint density at radius 3 is 2.23 bits per heavy atom. The van der Waals surface area contributed by atoms with E-state index < -0.39 is 45.8 Å². The fourth-order valence-corrected chi connectivity index (χ4v) is 2.97. The molecule has 0 saturated carbocycles. The number of allylic oxidation sites excluding steroid dienone is 1. The molecule has 0 bridgehead atoms. The molecule has 0 N–H and O–H groups in total. The van der Waals surface area contributed by atoms with Gasteiger partial charge < -0.3 is 9.47 Å². The lowest BCUT2D eigenvalue weighted by Crippen LogP contribution is -2.01. The van der Waals surface area contributed by atoms with E-state index in [0.29, 0.717) is 12.4 Å². The molecule has 3 rings (SSSR count). The molecule has 0 aliphatic rings. The highest BCUT2D eigenvalue weighted by molar-refractivity contribution is 5.91. The molecule has 0 aliphatic heterocycles. The lowest BCUT2D eigenvalue weighted by Gasteiger charge is -2.11. The Balaban J connectivity index is 2.06. The van der Waals surface area contributed by atoms with Crippen LogP contribution in [0.3, 0.4) is 0 Å². The SMILES string of the molecule is CC=CCOc1cc2ccc(C(F)=C(F)c3ccc(OCC)cc3)c(F)c2c(F)c1F. The summed E-state index contributed by atoms with van der Waals surface area (Å²) in [7, 11) is 0. The van der Waals surface area contributed by atoms with Crippen molar-refractivity contribution >= 4 is 22.4 Å². The highest BCUT2D eigenvalue weighted by Gasteiger charge is 2.23. The van der Waals surface area contributed by atoms with Crippen LogP contribution in [0.1, 0.15) is 25.0 Å². The van der Waals surface area contributed by atoms with Crippen LogP contribution in [-0.2, 0) is 0 Å². The fraction of sp³-hybridized carbons (Fsp3) is 0.167. The molecule has 0 heterocycles. The van der Waals surface area contributed by atoms with Gasteiger partial charge in [-0.25, -0.2) is 17.6 Å². The van der Waals surface area contributed by atoms with E-state index in [0.717, 1.165) is 12.1 Å². The summed E-state index contributed by atoms with van der Waals surface area (Å²) in [4.78, 5) is 0. The van der Waals surface area contributed by atoms with Gasteiger partial charge in [0.2, 0.25) is 5.82 Å². The number of fused-ring (bicyclic) bond motifs is 1. The van der Waals surface area contributed by atoms with Crippen LogP contribution >= 0.6 is 0 Å². The molecule has 0 spiro atoms. The van der Waals surface area contributed by atoms with Crippen LogP contribution in [0.4, 0.5) is 22.0 Å². The van der Waals surface area contributed by atoms with Gasteiger partial charge in [-0.1, -0.05) is 18.2 Å². The number of hydrogen-bond donors (Lipinski definition) is 0. The highest BCUT2D eigenvalue weighted by Crippen LogP contribution is 2.36. The summed E-state index contributed by atoms with van der Waals surface area (Å²) in [6.07, 6.45) is 3.24. The third kappa shape index (κ3) is 4.55. The van der Waals surface area contributed by atoms with Gasteiger partial charge in [0.1, 0.15) is 18.2 Å². The van der Waals surface area contributed by atoms with Gasteiger partial charge in [0.25, 0.3) is 0 Å². The zero-order valence-corrected chi connectivity index (χ0v) is 16.8. The van der Waals surface area contributed by atoms with Crippen LogP contribution in [0.2, 0.25) is 0 Å². The van der Waals surface area contributed by atoms with Crippen LogP contribution in [0.25, 0.3) is 22.4 Å². The van der Waals surface area contributed by atoms with Crippen molar-refractivity contribution in [2.75, 3.05) is 13.2 Å². The molecule has 0 aliphatic carbocycles. The molecular formula is C24H19F5O2. The quantitative estimate of drug-likeness (QED) is 0.220. The van der Waals surface area contributed by atoms with E-state index in [1.807, 2.05) is 0 Å². The first-order valence-electron chi connectivity index (χ1n) is 9.52. The zero-order valence-electron chi connectivity index (χ0n) is 16.8. The van der Waals surface area contributed by atoms with Gasteiger partial charge in [-0.05, 0) is 55.6 Å². The number of benzene rings is 3. The molecule has 0 aromatic heterocycles. The lowest BCUT2D eigenvalue weighted by atomic mass is 10.0. The summed E-state index contributed by atoms with van der Waals surface area (Å²) in [5.41, 5.74) is -0.973. The number of hydrogen-bond acceptors (Lipinski definition) is 2. The number of ether oxygens (including phenoxy) is 2. The third-order valence-corrected chi connectivity index (χ3v) is 4.51. The molecule has 7 heteroatoms. The maximum atomic E-state index is 14.9. The first-order chi connectivity index (χ1) is 14.9. The Kier molecular flexibility index (Phi) is 6.95. The van der Waals surface area contributed by atoms with Crippen LogP contribution in [0.5, 0.6) is 11.5 Å². The van der Waals surface area contributed by atoms with E-state index in [9.17, 15) is 22.0 Å². The van der Waals surface area contributed by atoms with Crippen LogP contribution in [0.15, 0.2) is 54.6 Å². The molecule has 3 aromatic rings. The summed E-state index contributed by atoms with van der Waals surface area (Å²) < 4.78 is 83.5. The highest BCUT2D eigenvalue weighted by atomic mass is 19.2. The maximum Gasteiger partial charge on any atom is 0.201 e. The van der Waals surface area contributed by atoms with Crippen molar-refractivity contribution in [1.82, 2.24) is 0 Å². The summed E-state index contributed by atoms with van der Waals surface area (Å²) in [5.74, 6) is -7.18. The van der Waals surface area contributed by atoms with Crippen molar-refractivity contribution in [3.8, 4) is 11.5 Å². The fourth-order valence-electron chi connectivity index (χ4n) is 2.97. The molecular weight excluding hydrogens is 415 g/mol. The molecule has 0 fully saturated rings. The van der Waals surface area contributed by atoms with Gasteiger partial charge in [0, 0.05) is 11.1 Å². The summed E-state index contributed by atoms with van der Waals surface area (Å²) in [6, 6.07) is 8.66. The molecule has 3 aromatic carbocycles. The molecule has 162 valence electrons. The predicted molar refractivity (Wildman–Crippen MR) is 111 cm³/mol. The molecule has 0 atom stereocenters. The second-order valence-corrected chi connectivity index (χ2v) is 6.49. The minimum Gasteiger partial charge on any atom is -0.494 e. The van der Waals surface area contributed by atoms with Crippen LogP contribution < -0.4 is 9.47 Å². The summed E-state index contributed by atoms with van der Waals surface area (Å²) >= 11 is 0. The van der Waals surface area contributed by atoms with E-state index in [1.54, 1.807) is 26.0 Å². The summed E-state index contributed by atoms with van der Waals surface area (Å²) in [5, 5.41) is -0.840. The second-order valence-electron chi connectivity index (χ2n) is 6.49. The van der Waals surface area contributed by atoms with Crippen molar-refractivity contribution in [3.05, 3.63) is 83.2 Å². The largest absolute Gasteiger partial charge is 0.494 e. The van der Waals surface area contributed by atoms with Gasteiger partial charge in [-0.2, -0.15) is 4.39 Å². The molecule has 0 radical (unpaired) electrons. The smallest absolute Gasteiger partial charge is 0.201 e. The third-order valence-electron chi connectivity index (χ3n) is 4.51. The van der Waals surface area contributed by atoms with Gasteiger partial charge >= 0.3 is 0 Å². The Hall–Kier alpha value is -3.35. The Labute approximate surface area is 176 Å². The summed E-state index contributed by atoms with van der Waals surface area (Å²) in [6.45, 7) is 3.89. The minimum absolute atomic E-state index is 0.0103. The van der Waals surface area contributed by atoms with Crippen molar-refractivity contribution < 1.29 is 31.4 Å². The van der Waals surface area contributed by atoms with E-state index in [1.165, 1.54) is 30.3 Å². The van der Waals surface area contributed by atoms with Crippen LogP contribution in [0, 0.1) is 17.5 Å². The Morgan fingerprint density at radius 2 is 1.58 bits per heavy atom. The normalized spacial score (nSPS) is 12.4. The Morgan fingerprint density at radius 1 is 0.871 bits per heavy atom. The predicted octanol–water partition coefficient (Wildman–Crippen LogP) is 7.38. The topological polar surface area (TPSA) is 18.5 Å². The molecule has 31 heavy (non-hydrogen) atoms. The van der Waals surface area contributed by atoms with Gasteiger partial charge in [0.15, 0.2) is 23.2 Å². The van der Waals surface area contributed by atoms with E-state index >= 15 is 0 Å². The van der Waals surface area contributed by atoms with Crippen molar-refractivity contribution in [3.63, 3.8) is 0 Å². The second kappa shape index (κ2) is 9.64. The van der Waals surface area contributed by atoms with E-state index in [2.05, 4.69) is 0 Å². The number of halogens is 5. The van der Waals surface area contributed by atoms with Gasteiger partial charge in [0.05, 0.1) is 12.0 Å². The minimum atomic E-state index is -1.54. The first-order valence-corrected chi connectivity index (χ1v) is 9.52. The van der Waals surface area contributed by atoms with E-state index in [4.69, 9.17) is 9.47 Å². The average Bonchev–Trinajstić information content (AvgIpc) is 2.77. The van der Waals surface area contributed by atoms with Crippen LogP contribution in [-0.4, -0.2) is 13.2 Å². The van der Waals surface area contributed by atoms with Crippen molar-refractivity contribution in [2.24, 2.45) is 0 Å². The van der Waals surface area contributed by atoms with Crippen molar-refractivity contribution in [2.45, 2.75) is 13.8 Å². The molecule has 2 nitrogen and oxygen atoms in total. The zero-order chi connectivity index (χ0) is 22.5. The standard InChI is InChI=1S/C24H19F5O2/c1-3-5-12-31-18-13-15-8-11-17(21(26)19(15)24(29)23(18)28)22(27)20(25)14-6-9-16(10-7-14)30-4-2/h3,5-11,13H,4,12H2,1-2H3. The molecule has 0 amide bonds. The Bertz CT molecular complexity index is 1150. The molecule has 0 saturated heterocycles. The molecule has 0 unspecified atom stereocenters. The van der Waals surface area contributed by atoms with E-state index in [-0.39, 0.29) is 17.6 Å². The monoisotopic (exact) mass is 434 g/mol. The van der Waals surface area contributed by atoms with Gasteiger partial charge in [-0.3, -0.25) is 0 Å². The van der Waals surface area contributed by atoms with Gasteiger partial charge in [-0.15, -0.1) is 0 Å². The average molecular weight is 434 g/mol.